The summed E-state index contributed by atoms with van der Waals surface area (Å²) in [5.41, 5.74) is 3.13. The van der Waals surface area contributed by atoms with E-state index in [1.165, 1.54) is 0 Å². The Kier molecular flexibility index (Phi) is 6.71. The van der Waals surface area contributed by atoms with E-state index in [4.69, 9.17) is 4.74 Å². The Labute approximate surface area is 167 Å². The van der Waals surface area contributed by atoms with E-state index < -0.39 is 0 Å². The number of ether oxygens (including phenoxy) is 1. The first-order chi connectivity index (χ1) is 13.5. The molecule has 0 aliphatic carbocycles. The molecule has 0 amide bonds. The molecule has 0 radical (unpaired) electrons. The lowest BCUT2D eigenvalue weighted by molar-refractivity contribution is -0.146. The summed E-state index contributed by atoms with van der Waals surface area (Å²) < 4.78 is 7.07. The van der Waals surface area contributed by atoms with Gasteiger partial charge in [-0.2, -0.15) is 0 Å². The summed E-state index contributed by atoms with van der Waals surface area (Å²) in [6.07, 6.45) is 2.19. The number of nitrogens with zero attached hydrogens (tertiary/aromatic N) is 1. The Hall–Kier alpha value is -2.36. The van der Waals surface area contributed by atoms with E-state index in [0.717, 1.165) is 30.5 Å². The molecule has 1 aliphatic heterocycles. The van der Waals surface area contributed by atoms with Crippen molar-refractivity contribution in [2.45, 2.75) is 32.2 Å². The second-order valence-electron chi connectivity index (χ2n) is 6.86. The Balaban J connectivity index is 1.59. The number of carbonyl (C=O) groups is 3. The molecule has 1 unspecified atom stereocenters. The van der Waals surface area contributed by atoms with Crippen molar-refractivity contribution in [3.8, 4) is 11.1 Å². The molecule has 0 saturated carbocycles. The number of benzene rings is 2. The van der Waals surface area contributed by atoms with E-state index in [1.54, 1.807) is 12.1 Å². The van der Waals surface area contributed by atoms with E-state index >= 15 is 0 Å². The van der Waals surface area contributed by atoms with Crippen LogP contribution in [-0.2, 0) is 9.53 Å². The molecular weight excluding hydrogens is 373 g/mol. The lowest BCUT2D eigenvalue weighted by Crippen LogP contribution is -2.32. The van der Waals surface area contributed by atoms with E-state index in [1.807, 2.05) is 48.0 Å². The van der Waals surface area contributed by atoms with Gasteiger partial charge in [-0.1, -0.05) is 64.8 Å². The quantitative estimate of drug-likeness (QED) is 0.402. The highest BCUT2D eigenvalue weighted by Crippen LogP contribution is 2.23. The summed E-state index contributed by atoms with van der Waals surface area (Å²) in [6.45, 7) is 2.43. The Morgan fingerprint density at radius 3 is 1.96 bits per heavy atom. The van der Waals surface area contributed by atoms with Crippen LogP contribution in [-0.4, -0.2) is 41.4 Å². The van der Waals surface area contributed by atoms with E-state index in [0.29, 0.717) is 17.5 Å². The van der Waals surface area contributed by atoms with Gasteiger partial charge >= 0.3 is 5.97 Å². The summed E-state index contributed by atoms with van der Waals surface area (Å²) in [5.74, 6) is -0.458. The second kappa shape index (κ2) is 9.22. The fraction of sp³-hybridized carbons (Fsp3) is 0.318. The third-order valence-electron chi connectivity index (χ3n) is 4.98. The van der Waals surface area contributed by atoms with Crippen molar-refractivity contribution in [1.29, 1.82) is 0 Å². The van der Waals surface area contributed by atoms with E-state index in [2.05, 4.69) is 9.39 Å². The van der Waals surface area contributed by atoms with Gasteiger partial charge in [0.15, 0.2) is 18.2 Å². The second-order valence-corrected chi connectivity index (χ2v) is 7.52. The molecule has 1 heterocycles. The molecule has 0 aromatic heterocycles. The number of rotatable bonds is 7. The van der Waals surface area contributed by atoms with Crippen LogP contribution >= 0.6 is 9.39 Å². The maximum Gasteiger partial charge on any atom is 0.324 e. The molecule has 5 nitrogen and oxygen atoms in total. The predicted molar refractivity (Wildman–Crippen MR) is 111 cm³/mol. The lowest BCUT2D eigenvalue weighted by atomic mass is 10.00. The molecule has 0 N–H and O–H groups in total. The highest BCUT2D eigenvalue weighted by atomic mass is 31.0. The molecule has 2 aromatic rings. The number of hydrogen-bond donors (Lipinski definition) is 0. The average molecular weight is 397 g/mol. The van der Waals surface area contributed by atoms with Crippen LogP contribution in [0.25, 0.3) is 11.1 Å². The van der Waals surface area contributed by atoms with E-state index in [9.17, 15) is 14.4 Å². The Bertz CT molecular complexity index is 861. The van der Waals surface area contributed by atoms with Crippen LogP contribution in [0, 0.1) is 0 Å². The summed E-state index contributed by atoms with van der Waals surface area (Å²) in [7, 11) is 2.53. The fourth-order valence-corrected chi connectivity index (χ4v) is 3.71. The highest BCUT2D eigenvalue weighted by Gasteiger charge is 2.29. The average Bonchev–Trinajstić information content (AvgIpc) is 3.17. The number of hydrogen-bond acceptors (Lipinski definition) is 5. The van der Waals surface area contributed by atoms with Crippen molar-refractivity contribution in [1.82, 2.24) is 4.67 Å². The Morgan fingerprint density at radius 1 is 0.964 bits per heavy atom. The first-order valence-corrected chi connectivity index (χ1v) is 9.96. The summed E-state index contributed by atoms with van der Waals surface area (Å²) in [6, 6.07) is 14.3. The van der Waals surface area contributed by atoms with Gasteiger partial charge in [0.2, 0.25) is 0 Å². The molecule has 0 bridgehead atoms. The van der Waals surface area contributed by atoms with Crippen LogP contribution in [0.2, 0.25) is 0 Å². The van der Waals surface area contributed by atoms with Crippen molar-refractivity contribution in [2.24, 2.45) is 0 Å². The van der Waals surface area contributed by atoms with Crippen molar-refractivity contribution in [3.05, 3.63) is 59.7 Å². The zero-order valence-electron chi connectivity index (χ0n) is 15.9. The van der Waals surface area contributed by atoms with Gasteiger partial charge in [0.1, 0.15) is 6.04 Å². The lowest BCUT2D eigenvalue weighted by Gasteiger charge is -2.17. The third-order valence-corrected chi connectivity index (χ3v) is 5.60. The standard InChI is InChI=1S/C22H24NO4P/c1-2-20(24)17-9-5-15(6-10-17)16-7-11-18(12-8-16)21(25)14-27-22(26)19-4-3-13-23(19)28/h5-12,19H,2-4,13-14,28H2,1H3/t19-/m0/s1. The normalized spacial score (nSPS) is 16.7. The minimum Gasteiger partial charge on any atom is -0.456 e. The minimum atomic E-state index is -0.348. The minimum absolute atomic E-state index is 0.115. The van der Waals surface area contributed by atoms with Crippen LogP contribution in [0.3, 0.4) is 0 Å². The third kappa shape index (κ3) is 4.73. The number of esters is 1. The largest absolute Gasteiger partial charge is 0.456 e. The van der Waals surface area contributed by atoms with Gasteiger partial charge in [-0.15, -0.1) is 0 Å². The summed E-state index contributed by atoms with van der Waals surface area (Å²) in [4.78, 5) is 36.1. The summed E-state index contributed by atoms with van der Waals surface area (Å²) >= 11 is 0. The molecule has 1 aliphatic rings. The number of Topliss-reactive ketones (excluding diaryl/α,β-unsaturated/α-hetero) is 2. The van der Waals surface area contributed by atoms with Crippen LogP contribution in [0.5, 0.6) is 0 Å². The first-order valence-electron chi connectivity index (χ1n) is 9.44. The topological polar surface area (TPSA) is 63.7 Å². The highest BCUT2D eigenvalue weighted by molar-refractivity contribution is 7.13. The molecule has 2 atom stereocenters. The monoisotopic (exact) mass is 397 g/mol. The van der Waals surface area contributed by atoms with E-state index in [-0.39, 0.29) is 30.2 Å². The number of ketones is 2. The number of carbonyl (C=O) groups excluding carboxylic acids is 3. The van der Waals surface area contributed by atoms with Gasteiger partial charge in [-0.3, -0.25) is 19.1 Å². The van der Waals surface area contributed by atoms with Crippen molar-refractivity contribution in [2.75, 3.05) is 13.2 Å². The van der Waals surface area contributed by atoms with Crippen molar-refractivity contribution < 1.29 is 19.1 Å². The molecule has 3 rings (SSSR count). The summed E-state index contributed by atoms with van der Waals surface area (Å²) in [5, 5.41) is 0. The first kappa shape index (κ1) is 20.4. The molecule has 146 valence electrons. The maximum atomic E-state index is 12.3. The van der Waals surface area contributed by atoms with Gasteiger partial charge in [0, 0.05) is 24.1 Å². The molecule has 2 aromatic carbocycles. The van der Waals surface area contributed by atoms with Crippen LogP contribution in [0.15, 0.2) is 48.5 Å². The van der Waals surface area contributed by atoms with Crippen LogP contribution < -0.4 is 0 Å². The zero-order valence-corrected chi connectivity index (χ0v) is 17.0. The maximum absolute atomic E-state index is 12.3. The molecule has 0 spiro atoms. The molecule has 6 heteroatoms. The Morgan fingerprint density at radius 2 is 1.50 bits per heavy atom. The van der Waals surface area contributed by atoms with Gasteiger partial charge in [0.05, 0.1) is 0 Å². The molecular formula is C22H24NO4P. The van der Waals surface area contributed by atoms with Gasteiger partial charge in [-0.25, -0.2) is 0 Å². The van der Waals surface area contributed by atoms with Gasteiger partial charge < -0.3 is 4.74 Å². The smallest absolute Gasteiger partial charge is 0.324 e. The van der Waals surface area contributed by atoms with Gasteiger partial charge in [-0.05, 0) is 24.0 Å². The SMILES string of the molecule is CCC(=O)c1ccc(-c2ccc(C(=O)COC(=O)[C@@H]3CCCN3P)cc2)cc1. The molecule has 1 saturated heterocycles. The zero-order chi connectivity index (χ0) is 20.1. The van der Waals surface area contributed by atoms with Crippen LogP contribution in [0.1, 0.15) is 46.9 Å². The van der Waals surface area contributed by atoms with Crippen molar-refractivity contribution in [3.63, 3.8) is 0 Å². The van der Waals surface area contributed by atoms with Crippen LogP contribution in [0.4, 0.5) is 0 Å². The predicted octanol–water partition coefficient (Wildman–Crippen LogP) is 3.93. The van der Waals surface area contributed by atoms with Gasteiger partial charge in [0.25, 0.3) is 0 Å². The van der Waals surface area contributed by atoms with Crippen molar-refractivity contribution >= 4 is 26.9 Å². The molecule has 1 fully saturated rings. The molecule has 28 heavy (non-hydrogen) atoms. The fourth-order valence-electron chi connectivity index (χ4n) is 3.26.